The highest BCUT2D eigenvalue weighted by Gasteiger charge is 2.26. The monoisotopic (exact) mass is 317 g/mol. The summed E-state index contributed by atoms with van der Waals surface area (Å²) in [5, 5.41) is 0. The van der Waals surface area contributed by atoms with Crippen LogP contribution in [0.4, 0.5) is 5.82 Å². The van der Waals surface area contributed by atoms with E-state index in [1.165, 1.54) is 4.88 Å². The van der Waals surface area contributed by atoms with Crippen molar-refractivity contribution in [1.29, 1.82) is 0 Å². The van der Waals surface area contributed by atoms with E-state index in [-0.39, 0.29) is 12.0 Å². The molecular formula is C16H19N3O2S. The Kier molecular flexibility index (Phi) is 4.40. The SMILES string of the molecule is Cc1ccc(CC(=O)N2CCOC(c3cccc(N)n3)C2)s1. The molecule has 3 rings (SSSR count). The van der Waals surface area contributed by atoms with Gasteiger partial charge in [0.1, 0.15) is 11.9 Å². The number of nitrogen functional groups attached to an aromatic ring is 1. The second-order valence-electron chi connectivity index (χ2n) is 5.38. The first-order chi connectivity index (χ1) is 10.6. The lowest BCUT2D eigenvalue weighted by Crippen LogP contribution is -2.43. The first kappa shape index (κ1) is 15.0. The number of nitrogens with zero attached hydrogens (tertiary/aromatic N) is 2. The van der Waals surface area contributed by atoms with Crippen LogP contribution in [0.2, 0.25) is 0 Å². The molecule has 6 heteroatoms. The summed E-state index contributed by atoms with van der Waals surface area (Å²) in [6.45, 7) is 3.73. The third-order valence-electron chi connectivity index (χ3n) is 3.66. The zero-order valence-corrected chi connectivity index (χ0v) is 13.3. The van der Waals surface area contributed by atoms with Crippen LogP contribution in [0.1, 0.15) is 21.6 Å². The molecular weight excluding hydrogens is 298 g/mol. The van der Waals surface area contributed by atoms with Gasteiger partial charge in [-0.25, -0.2) is 4.98 Å². The summed E-state index contributed by atoms with van der Waals surface area (Å²) in [5.41, 5.74) is 6.50. The molecule has 116 valence electrons. The molecule has 0 aromatic carbocycles. The number of anilines is 1. The molecule has 2 aromatic rings. The number of nitrogens with two attached hydrogens (primary N) is 1. The minimum atomic E-state index is -0.203. The summed E-state index contributed by atoms with van der Waals surface area (Å²) in [6, 6.07) is 9.56. The molecule has 22 heavy (non-hydrogen) atoms. The van der Waals surface area contributed by atoms with Crippen molar-refractivity contribution < 1.29 is 9.53 Å². The lowest BCUT2D eigenvalue weighted by Gasteiger charge is -2.32. The average molecular weight is 317 g/mol. The topological polar surface area (TPSA) is 68.5 Å². The van der Waals surface area contributed by atoms with Crippen molar-refractivity contribution in [3.63, 3.8) is 0 Å². The molecule has 1 aliphatic rings. The van der Waals surface area contributed by atoms with E-state index in [1.807, 2.05) is 29.2 Å². The van der Waals surface area contributed by atoms with Crippen molar-refractivity contribution in [2.24, 2.45) is 0 Å². The van der Waals surface area contributed by atoms with Gasteiger partial charge in [0, 0.05) is 16.3 Å². The fourth-order valence-electron chi connectivity index (χ4n) is 2.54. The smallest absolute Gasteiger partial charge is 0.228 e. The number of ether oxygens (including phenoxy) is 1. The van der Waals surface area contributed by atoms with Crippen molar-refractivity contribution in [2.45, 2.75) is 19.4 Å². The Hall–Kier alpha value is -1.92. The van der Waals surface area contributed by atoms with Crippen LogP contribution in [0.3, 0.4) is 0 Å². The maximum absolute atomic E-state index is 12.5. The molecule has 1 saturated heterocycles. The number of aryl methyl sites for hydroxylation is 1. The Labute approximate surface area is 133 Å². The van der Waals surface area contributed by atoms with Crippen LogP contribution in [0, 0.1) is 6.92 Å². The minimum absolute atomic E-state index is 0.138. The van der Waals surface area contributed by atoms with Gasteiger partial charge in [-0.1, -0.05) is 6.07 Å². The molecule has 5 nitrogen and oxygen atoms in total. The van der Waals surface area contributed by atoms with Gasteiger partial charge in [-0.15, -0.1) is 11.3 Å². The summed E-state index contributed by atoms with van der Waals surface area (Å²) in [5.74, 6) is 0.609. The highest BCUT2D eigenvalue weighted by molar-refractivity contribution is 7.12. The van der Waals surface area contributed by atoms with Crippen molar-refractivity contribution in [3.05, 3.63) is 45.8 Å². The Balaban J connectivity index is 1.66. The fraction of sp³-hybridized carbons (Fsp3) is 0.375. The second kappa shape index (κ2) is 6.46. The zero-order chi connectivity index (χ0) is 15.5. The summed E-state index contributed by atoms with van der Waals surface area (Å²) < 4.78 is 5.74. The van der Waals surface area contributed by atoms with Gasteiger partial charge in [0.2, 0.25) is 5.91 Å². The maximum Gasteiger partial charge on any atom is 0.228 e. The average Bonchev–Trinajstić information content (AvgIpc) is 2.92. The van der Waals surface area contributed by atoms with Gasteiger partial charge in [0.25, 0.3) is 0 Å². The van der Waals surface area contributed by atoms with E-state index in [0.29, 0.717) is 31.9 Å². The van der Waals surface area contributed by atoms with Crippen LogP contribution in [0.25, 0.3) is 0 Å². The van der Waals surface area contributed by atoms with Gasteiger partial charge < -0.3 is 15.4 Å². The van der Waals surface area contributed by atoms with Crippen LogP contribution in [0.5, 0.6) is 0 Å². The van der Waals surface area contributed by atoms with E-state index >= 15 is 0 Å². The van der Waals surface area contributed by atoms with Crippen molar-refractivity contribution in [1.82, 2.24) is 9.88 Å². The fourth-order valence-corrected chi connectivity index (χ4v) is 3.43. The first-order valence-corrected chi connectivity index (χ1v) is 8.10. The standard InChI is InChI=1S/C16H19N3O2S/c1-11-5-6-12(22-11)9-16(20)19-7-8-21-14(10-19)13-3-2-4-15(17)18-13/h2-6,14H,7-10H2,1H3,(H2,17,18). The highest BCUT2D eigenvalue weighted by Crippen LogP contribution is 2.23. The number of morpholine rings is 1. The van der Waals surface area contributed by atoms with E-state index in [0.717, 1.165) is 10.6 Å². The van der Waals surface area contributed by atoms with Gasteiger partial charge in [0.15, 0.2) is 0 Å². The van der Waals surface area contributed by atoms with Crippen LogP contribution in [-0.2, 0) is 16.0 Å². The van der Waals surface area contributed by atoms with Crippen molar-refractivity contribution >= 4 is 23.1 Å². The van der Waals surface area contributed by atoms with E-state index in [9.17, 15) is 4.79 Å². The number of carbonyl (C=O) groups excluding carboxylic acids is 1. The quantitative estimate of drug-likeness (QED) is 0.942. The van der Waals surface area contributed by atoms with Gasteiger partial charge >= 0.3 is 0 Å². The largest absolute Gasteiger partial charge is 0.384 e. The van der Waals surface area contributed by atoms with E-state index in [1.54, 1.807) is 17.4 Å². The number of amides is 1. The van der Waals surface area contributed by atoms with Crippen molar-refractivity contribution in [3.8, 4) is 0 Å². The third-order valence-corrected chi connectivity index (χ3v) is 4.66. The van der Waals surface area contributed by atoms with Crippen LogP contribution in [0.15, 0.2) is 30.3 Å². The first-order valence-electron chi connectivity index (χ1n) is 7.29. The molecule has 0 radical (unpaired) electrons. The van der Waals surface area contributed by atoms with Gasteiger partial charge in [-0.05, 0) is 31.2 Å². The summed E-state index contributed by atoms with van der Waals surface area (Å²) in [4.78, 5) is 20.9. The second-order valence-corrected chi connectivity index (χ2v) is 6.75. The van der Waals surface area contributed by atoms with Crippen LogP contribution in [-0.4, -0.2) is 35.5 Å². The predicted molar refractivity (Wildman–Crippen MR) is 86.7 cm³/mol. The molecule has 2 N–H and O–H groups in total. The molecule has 0 bridgehead atoms. The summed E-state index contributed by atoms with van der Waals surface area (Å²) in [7, 11) is 0. The number of thiophene rings is 1. The number of aromatic nitrogens is 1. The Morgan fingerprint density at radius 1 is 1.45 bits per heavy atom. The number of hydrogen-bond acceptors (Lipinski definition) is 5. The van der Waals surface area contributed by atoms with E-state index in [2.05, 4.69) is 11.9 Å². The number of carbonyl (C=O) groups is 1. The maximum atomic E-state index is 12.5. The lowest BCUT2D eigenvalue weighted by atomic mass is 10.1. The molecule has 1 unspecified atom stereocenters. The van der Waals surface area contributed by atoms with E-state index < -0.39 is 0 Å². The summed E-state index contributed by atoms with van der Waals surface area (Å²) >= 11 is 1.67. The van der Waals surface area contributed by atoms with Gasteiger partial charge in [0.05, 0.1) is 25.3 Å². The molecule has 2 aromatic heterocycles. The predicted octanol–water partition coefficient (Wildman–Crippen LogP) is 2.18. The molecule has 1 fully saturated rings. The van der Waals surface area contributed by atoms with Gasteiger partial charge in [-0.2, -0.15) is 0 Å². The molecule has 0 spiro atoms. The van der Waals surface area contributed by atoms with Crippen molar-refractivity contribution in [2.75, 3.05) is 25.4 Å². The van der Waals surface area contributed by atoms with Crippen LogP contribution >= 0.6 is 11.3 Å². The molecule has 0 aliphatic carbocycles. The lowest BCUT2D eigenvalue weighted by molar-refractivity contribution is -0.138. The molecule has 3 heterocycles. The highest BCUT2D eigenvalue weighted by atomic mass is 32.1. The Morgan fingerprint density at radius 2 is 2.32 bits per heavy atom. The van der Waals surface area contributed by atoms with E-state index in [4.69, 9.17) is 10.5 Å². The molecule has 0 saturated carbocycles. The minimum Gasteiger partial charge on any atom is -0.384 e. The normalized spacial score (nSPS) is 18.4. The summed E-state index contributed by atoms with van der Waals surface area (Å²) in [6.07, 6.45) is 0.251. The zero-order valence-electron chi connectivity index (χ0n) is 12.5. The van der Waals surface area contributed by atoms with Crippen LogP contribution < -0.4 is 5.73 Å². The molecule has 1 amide bonds. The Bertz CT molecular complexity index is 671. The molecule has 1 aliphatic heterocycles. The number of rotatable bonds is 3. The Morgan fingerprint density at radius 3 is 3.05 bits per heavy atom. The number of hydrogen-bond donors (Lipinski definition) is 1. The third kappa shape index (κ3) is 3.45. The van der Waals surface area contributed by atoms with Gasteiger partial charge in [-0.3, -0.25) is 4.79 Å². The molecule has 1 atom stereocenters. The number of pyridine rings is 1.